The average Bonchev–Trinajstić information content (AvgIpc) is 3.12. The first kappa shape index (κ1) is 21.4. The lowest BCUT2D eigenvalue weighted by Crippen LogP contribution is -2.41. The highest BCUT2D eigenvalue weighted by Crippen LogP contribution is 2.14. The molecule has 1 heterocycles. The Labute approximate surface area is 166 Å². The Kier molecular flexibility index (Phi) is 7.37. The number of sulfonamides is 1. The minimum absolute atomic E-state index is 0.0295. The highest BCUT2D eigenvalue weighted by Gasteiger charge is 2.24. The van der Waals surface area contributed by atoms with E-state index < -0.39 is 28.6 Å². The molecule has 0 spiro atoms. The Bertz CT molecular complexity index is 883. The molecule has 2 aromatic rings. The molecular formula is C17H19ClN2O5S2. The molecule has 1 aromatic heterocycles. The summed E-state index contributed by atoms with van der Waals surface area (Å²) in [6.07, 6.45) is 0. The van der Waals surface area contributed by atoms with Crippen LogP contribution in [0.3, 0.4) is 0 Å². The van der Waals surface area contributed by atoms with E-state index in [9.17, 15) is 18.0 Å². The summed E-state index contributed by atoms with van der Waals surface area (Å²) >= 11 is 7.26. The van der Waals surface area contributed by atoms with Gasteiger partial charge in [-0.25, -0.2) is 8.42 Å². The number of hydrogen-bond acceptors (Lipinski definition) is 6. The van der Waals surface area contributed by atoms with E-state index in [0.29, 0.717) is 11.6 Å². The van der Waals surface area contributed by atoms with Gasteiger partial charge in [0.25, 0.3) is 5.91 Å². The third kappa shape index (κ3) is 6.31. The van der Waals surface area contributed by atoms with Crippen LogP contribution in [0.2, 0.25) is 5.02 Å². The van der Waals surface area contributed by atoms with Crippen molar-refractivity contribution in [2.75, 3.05) is 13.7 Å². The van der Waals surface area contributed by atoms with E-state index in [0.717, 1.165) is 5.56 Å². The largest absolute Gasteiger partial charge is 0.454 e. The zero-order valence-electron chi connectivity index (χ0n) is 14.7. The van der Waals surface area contributed by atoms with Gasteiger partial charge in [-0.2, -0.15) is 16.1 Å². The number of amides is 1. The van der Waals surface area contributed by atoms with Crippen molar-refractivity contribution in [3.8, 4) is 0 Å². The quantitative estimate of drug-likeness (QED) is 0.648. The molecule has 10 heteroatoms. The number of halogens is 1. The number of likely N-dealkylation sites (N-methyl/N-ethyl adjacent to an activating group) is 1. The van der Waals surface area contributed by atoms with E-state index in [1.54, 1.807) is 7.05 Å². The molecule has 27 heavy (non-hydrogen) atoms. The van der Waals surface area contributed by atoms with Gasteiger partial charge in [0.15, 0.2) is 6.61 Å². The van der Waals surface area contributed by atoms with Crippen molar-refractivity contribution >= 4 is 44.8 Å². The Balaban J connectivity index is 1.85. The first-order valence-corrected chi connectivity index (χ1v) is 10.7. The zero-order valence-corrected chi connectivity index (χ0v) is 17.1. The summed E-state index contributed by atoms with van der Waals surface area (Å²) in [7, 11) is -2.32. The summed E-state index contributed by atoms with van der Waals surface area (Å²) in [4.78, 5) is 25.4. The molecule has 0 saturated heterocycles. The third-order valence-electron chi connectivity index (χ3n) is 3.57. The van der Waals surface area contributed by atoms with Gasteiger partial charge in [-0.3, -0.25) is 9.59 Å². The molecule has 0 aliphatic heterocycles. The summed E-state index contributed by atoms with van der Waals surface area (Å²) in [5.74, 6) is -1.23. The van der Waals surface area contributed by atoms with Crippen LogP contribution in [0.4, 0.5) is 0 Å². The van der Waals surface area contributed by atoms with E-state index in [1.807, 2.05) is 16.8 Å². The number of carbonyl (C=O) groups is 2. The second-order valence-corrected chi connectivity index (χ2v) is 8.72. The van der Waals surface area contributed by atoms with E-state index in [4.69, 9.17) is 16.3 Å². The molecule has 0 fully saturated rings. The van der Waals surface area contributed by atoms with Gasteiger partial charge in [0, 0.05) is 18.6 Å². The molecule has 0 saturated carbocycles. The Morgan fingerprint density at radius 1 is 1.26 bits per heavy atom. The molecule has 1 amide bonds. The van der Waals surface area contributed by atoms with Crippen LogP contribution in [0.1, 0.15) is 12.5 Å². The predicted molar refractivity (Wildman–Crippen MR) is 103 cm³/mol. The first-order valence-electron chi connectivity index (χ1n) is 7.88. The minimum atomic E-state index is -3.91. The fourth-order valence-electron chi connectivity index (χ4n) is 2.08. The van der Waals surface area contributed by atoms with Crippen molar-refractivity contribution in [1.82, 2.24) is 9.62 Å². The minimum Gasteiger partial charge on any atom is -0.454 e. The van der Waals surface area contributed by atoms with Gasteiger partial charge in [-0.15, -0.1) is 0 Å². The van der Waals surface area contributed by atoms with Crippen LogP contribution < -0.4 is 4.72 Å². The highest BCUT2D eigenvalue weighted by molar-refractivity contribution is 7.89. The topological polar surface area (TPSA) is 92.8 Å². The van der Waals surface area contributed by atoms with E-state index in [-0.39, 0.29) is 10.8 Å². The van der Waals surface area contributed by atoms with Gasteiger partial charge < -0.3 is 9.64 Å². The lowest BCUT2D eigenvalue weighted by Gasteiger charge is -2.18. The number of hydrogen-bond donors (Lipinski definition) is 1. The molecule has 0 bridgehead atoms. The van der Waals surface area contributed by atoms with Gasteiger partial charge in [-0.1, -0.05) is 11.6 Å². The summed E-state index contributed by atoms with van der Waals surface area (Å²) in [5.41, 5.74) is 0.978. The van der Waals surface area contributed by atoms with Gasteiger partial charge in [0.2, 0.25) is 10.0 Å². The average molecular weight is 431 g/mol. The normalized spacial score (nSPS) is 12.4. The fourth-order valence-corrected chi connectivity index (χ4v) is 4.05. The number of ether oxygens (including phenoxy) is 1. The molecule has 146 valence electrons. The maximum atomic E-state index is 12.2. The van der Waals surface area contributed by atoms with E-state index in [2.05, 4.69) is 4.72 Å². The fraction of sp³-hybridized carbons (Fsp3) is 0.294. The summed E-state index contributed by atoms with van der Waals surface area (Å²) in [6, 6.07) is 6.26. The summed E-state index contributed by atoms with van der Waals surface area (Å²) < 4.78 is 31.6. The van der Waals surface area contributed by atoms with Crippen molar-refractivity contribution in [3.63, 3.8) is 0 Å². The second kappa shape index (κ2) is 9.32. The number of nitrogens with one attached hydrogen (secondary N) is 1. The van der Waals surface area contributed by atoms with Crippen LogP contribution in [0, 0.1) is 0 Å². The van der Waals surface area contributed by atoms with Gasteiger partial charge >= 0.3 is 5.97 Å². The summed E-state index contributed by atoms with van der Waals surface area (Å²) in [5, 5.41) is 4.22. The van der Waals surface area contributed by atoms with Crippen molar-refractivity contribution in [3.05, 3.63) is 51.7 Å². The maximum Gasteiger partial charge on any atom is 0.324 e. The number of esters is 1. The third-order valence-corrected chi connectivity index (χ3v) is 6.11. The standard InChI is InChI=1S/C17H19ClN2O5S2/c1-12(19-27(23,24)15-5-3-14(18)4-6-15)17(22)25-10-16(21)20(2)9-13-7-8-26-11-13/h3-8,11-12,19H,9-10H2,1-2H3/t12-/m0/s1. The monoisotopic (exact) mass is 430 g/mol. The van der Waals surface area contributed by atoms with Crippen molar-refractivity contribution in [2.24, 2.45) is 0 Å². The molecule has 0 aliphatic rings. The van der Waals surface area contributed by atoms with E-state index in [1.165, 1.54) is 47.4 Å². The number of thiophene rings is 1. The SMILES string of the molecule is C[C@H](NS(=O)(=O)c1ccc(Cl)cc1)C(=O)OCC(=O)N(C)Cc1ccsc1. The van der Waals surface area contributed by atoms with Crippen LogP contribution in [-0.4, -0.2) is 44.9 Å². The van der Waals surface area contributed by atoms with Crippen LogP contribution in [0.25, 0.3) is 0 Å². The maximum absolute atomic E-state index is 12.2. The molecule has 0 aliphatic carbocycles. The van der Waals surface area contributed by atoms with Gasteiger partial charge in [-0.05, 0) is 53.6 Å². The molecule has 1 aromatic carbocycles. The molecular weight excluding hydrogens is 412 g/mol. The molecule has 1 atom stereocenters. The van der Waals surface area contributed by atoms with Crippen LogP contribution >= 0.6 is 22.9 Å². The molecule has 0 unspecified atom stereocenters. The summed E-state index contributed by atoms with van der Waals surface area (Å²) in [6.45, 7) is 1.28. The lowest BCUT2D eigenvalue weighted by atomic mass is 10.3. The Hall–Kier alpha value is -1.94. The molecule has 7 nitrogen and oxygen atoms in total. The zero-order chi connectivity index (χ0) is 20.0. The Morgan fingerprint density at radius 3 is 2.52 bits per heavy atom. The number of benzene rings is 1. The van der Waals surface area contributed by atoms with Gasteiger partial charge in [0.05, 0.1) is 4.90 Å². The lowest BCUT2D eigenvalue weighted by molar-refractivity contribution is -0.152. The molecule has 0 radical (unpaired) electrons. The van der Waals surface area contributed by atoms with E-state index >= 15 is 0 Å². The van der Waals surface area contributed by atoms with Crippen LogP contribution in [0.15, 0.2) is 46.0 Å². The first-order chi connectivity index (χ1) is 12.7. The number of rotatable bonds is 8. The van der Waals surface area contributed by atoms with Crippen LogP contribution in [-0.2, 0) is 30.9 Å². The van der Waals surface area contributed by atoms with Gasteiger partial charge in [0.1, 0.15) is 6.04 Å². The Morgan fingerprint density at radius 2 is 1.93 bits per heavy atom. The number of nitrogens with zero attached hydrogens (tertiary/aromatic N) is 1. The second-order valence-electron chi connectivity index (χ2n) is 5.79. The van der Waals surface area contributed by atoms with Crippen molar-refractivity contribution < 1.29 is 22.7 Å². The molecule has 1 N–H and O–H groups in total. The smallest absolute Gasteiger partial charge is 0.324 e. The highest BCUT2D eigenvalue weighted by atomic mass is 35.5. The molecule has 2 rings (SSSR count). The van der Waals surface area contributed by atoms with Crippen LogP contribution in [0.5, 0.6) is 0 Å². The predicted octanol–water partition coefficient (Wildman–Crippen LogP) is 2.27. The van der Waals surface area contributed by atoms with Crippen molar-refractivity contribution in [2.45, 2.75) is 24.4 Å². The van der Waals surface area contributed by atoms with Crippen molar-refractivity contribution in [1.29, 1.82) is 0 Å². The number of carbonyl (C=O) groups excluding carboxylic acids is 2.